The third-order valence-electron chi connectivity index (χ3n) is 4.21. The molecule has 7 nitrogen and oxygen atoms in total. The minimum atomic E-state index is -3.57. The molecule has 0 radical (unpaired) electrons. The number of hydrogen-bond donors (Lipinski definition) is 1. The Labute approximate surface area is 163 Å². The number of benzene rings is 2. The highest BCUT2D eigenvalue weighted by molar-refractivity contribution is 7.90. The molecule has 0 amide bonds. The number of amidine groups is 1. The Kier molecular flexibility index (Phi) is 5.89. The summed E-state index contributed by atoms with van der Waals surface area (Å²) in [6.07, 6.45) is -0.412. The predicted molar refractivity (Wildman–Crippen MR) is 104 cm³/mol. The molecule has 1 atom stereocenters. The normalized spacial score (nSPS) is 16.8. The average Bonchev–Trinajstić information content (AvgIpc) is 2.96. The fourth-order valence-corrected chi connectivity index (χ4v) is 4.06. The van der Waals surface area contributed by atoms with Crippen LogP contribution in [0.4, 0.5) is 0 Å². The number of ether oxygens (including phenoxy) is 1. The molecule has 1 aliphatic heterocycles. The van der Waals surface area contributed by atoms with E-state index in [0.717, 1.165) is 0 Å². The van der Waals surface area contributed by atoms with Crippen LogP contribution in [0.25, 0.3) is 0 Å². The lowest BCUT2D eigenvalue weighted by atomic mass is 10.1. The lowest BCUT2D eigenvalue weighted by Crippen LogP contribution is -2.24. The second-order valence-corrected chi connectivity index (χ2v) is 7.95. The molecule has 0 aromatic heterocycles. The van der Waals surface area contributed by atoms with Gasteiger partial charge in [-0.1, -0.05) is 42.5 Å². The molecule has 2 aromatic carbocycles. The van der Waals surface area contributed by atoms with Crippen LogP contribution in [0.1, 0.15) is 35.7 Å². The van der Waals surface area contributed by atoms with E-state index < -0.39 is 22.1 Å². The number of esters is 1. The monoisotopic (exact) mass is 400 g/mol. The van der Waals surface area contributed by atoms with Crippen LogP contribution in [-0.4, -0.2) is 38.7 Å². The van der Waals surface area contributed by atoms with Crippen molar-refractivity contribution in [3.63, 3.8) is 0 Å². The van der Waals surface area contributed by atoms with Gasteiger partial charge in [-0.15, -0.1) is 0 Å². The molecule has 0 fully saturated rings. The van der Waals surface area contributed by atoms with Gasteiger partial charge in [0.2, 0.25) is 5.78 Å². The Hall–Kier alpha value is -3.00. The van der Waals surface area contributed by atoms with E-state index in [0.29, 0.717) is 17.5 Å². The number of rotatable bonds is 7. The predicted octanol–water partition coefficient (Wildman–Crippen LogP) is 2.32. The van der Waals surface area contributed by atoms with Crippen LogP contribution >= 0.6 is 0 Å². The van der Waals surface area contributed by atoms with Gasteiger partial charge in [0.1, 0.15) is 5.84 Å². The maximum Gasteiger partial charge on any atom is 0.306 e. The Balaban J connectivity index is 1.50. The topological polar surface area (TPSA) is 102 Å². The third-order valence-corrected chi connectivity index (χ3v) is 5.60. The molecule has 146 valence electrons. The summed E-state index contributed by atoms with van der Waals surface area (Å²) in [5.74, 6) is -0.480. The molecule has 0 saturated carbocycles. The van der Waals surface area contributed by atoms with E-state index >= 15 is 0 Å². The molecule has 0 aliphatic carbocycles. The first-order valence-electron chi connectivity index (χ1n) is 8.84. The summed E-state index contributed by atoms with van der Waals surface area (Å²) >= 11 is 0. The maximum atomic E-state index is 12.2. The van der Waals surface area contributed by atoms with E-state index in [4.69, 9.17) is 4.74 Å². The number of nitrogens with zero attached hydrogens (tertiary/aromatic N) is 1. The first kappa shape index (κ1) is 19.8. The fourth-order valence-electron chi connectivity index (χ4n) is 2.81. The number of sulfonamides is 1. The largest absolute Gasteiger partial charge is 0.454 e. The van der Waals surface area contributed by atoms with E-state index in [-0.39, 0.29) is 29.5 Å². The van der Waals surface area contributed by atoms with Gasteiger partial charge in [-0.25, -0.2) is 8.42 Å². The molecule has 1 aliphatic rings. The highest BCUT2D eigenvalue weighted by Gasteiger charge is 2.29. The van der Waals surface area contributed by atoms with Crippen molar-refractivity contribution in [3.05, 3.63) is 65.7 Å². The quantitative estimate of drug-likeness (QED) is 0.437. The molecule has 28 heavy (non-hydrogen) atoms. The smallest absolute Gasteiger partial charge is 0.306 e. The minimum absolute atomic E-state index is 0.0809. The van der Waals surface area contributed by atoms with Crippen LogP contribution in [0.5, 0.6) is 0 Å². The Morgan fingerprint density at radius 3 is 2.50 bits per heavy atom. The molecule has 0 saturated heterocycles. The van der Waals surface area contributed by atoms with Gasteiger partial charge < -0.3 is 4.74 Å². The summed E-state index contributed by atoms with van der Waals surface area (Å²) in [7, 11) is -3.57. The van der Waals surface area contributed by atoms with Crippen LogP contribution < -0.4 is 4.72 Å². The SMILES string of the molecule is C[C@@H](OC(=O)CCCN=C1NS(=O)(=O)c2ccccc21)C(=O)c1ccccc1. The molecule has 8 heteroatoms. The van der Waals surface area contributed by atoms with Gasteiger partial charge in [0.15, 0.2) is 6.10 Å². The molecule has 0 unspecified atom stereocenters. The Morgan fingerprint density at radius 1 is 1.07 bits per heavy atom. The van der Waals surface area contributed by atoms with Crippen LogP contribution in [0, 0.1) is 0 Å². The molecular weight excluding hydrogens is 380 g/mol. The number of aliphatic imine (C=N–C) groups is 1. The number of carbonyl (C=O) groups excluding carboxylic acids is 2. The van der Waals surface area contributed by atoms with Crippen LogP contribution in [-0.2, 0) is 19.6 Å². The summed E-state index contributed by atoms with van der Waals surface area (Å²) in [4.78, 5) is 28.6. The van der Waals surface area contributed by atoms with E-state index in [9.17, 15) is 18.0 Å². The van der Waals surface area contributed by atoms with Crippen molar-refractivity contribution in [1.82, 2.24) is 4.72 Å². The number of fused-ring (bicyclic) bond motifs is 1. The minimum Gasteiger partial charge on any atom is -0.454 e. The van der Waals surface area contributed by atoms with Crippen molar-refractivity contribution in [3.8, 4) is 0 Å². The molecular formula is C20H20N2O5S. The Bertz CT molecular complexity index is 1020. The summed E-state index contributed by atoms with van der Waals surface area (Å²) in [6, 6.07) is 15.2. The van der Waals surface area contributed by atoms with Gasteiger partial charge in [-0.3, -0.25) is 19.3 Å². The standard InChI is InChI=1S/C20H20N2O5S/c1-14(19(24)15-8-3-2-4-9-15)27-18(23)12-7-13-21-20-16-10-5-6-11-17(16)28(25,26)22-20/h2-6,8-11,14H,7,12-13H2,1H3,(H,21,22)/t14-/m1/s1. The summed E-state index contributed by atoms with van der Waals surface area (Å²) in [5, 5.41) is 0. The molecule has 0 spiro atoms. The number of nitrogens with one attached hydrogen (secondary N) is 1. The van der Waals surface area contributed by atoms with E-state index in [1.165, 1.54) is 13.0 Å². The van der Waals surface area contributed by atoms with Crippen LogP contribution in [0.15, 0.2) is 64.5 Å². The lowest BCUT2D eigenvalue weighted by Gasteiger charge is -2.12. The first-order chi connectivity index (χ1) is 13.4. The zero-order valence-electron chi connectivity index (χ0n) is 15.3. The number of carbonyl (C=O) groups is 2. The summed E-state index contributed by atoms with van der Waals surface area (Å²) in [6.45, 7) is 1.79. The van der Waals surface area contributed by atoms with Crippen molar-refractivity contribution in [2.75, 3.05) is 6.54 Å². The van der Waals surface area contributed by atoms with E-state index in [2.05, 4.69) is 9.71 Å². The van der Waals surface area contributed by atoms with Crippen molar-refractivity contribution >= 4 is 27.6 Å². The average molecular weight is 400 g/mol. The summed E-state index contributed by atoms with van der Waals surface area (Å²) < 4.78 is 31.6. The van der Waals surface area contributed by atoms with Gasteiger partial charge in [0.05, 0.1) is 4.90 Å². The summed E-state index contributed by atoms with van der Waals surface area (Å²) in [5.41, 5.74) is 1.01. The number of ketones is 1. The zero-order valence-corrected chi connectivity index (χ0v) is 16.1. The van der Waals surface area contributed by atoms with Crippen molar-refractivity contribution < 1.29 is 22.7 Å². The van der Waals surface area contributed by atoms with E-state index in [1.807, 2.05) is 0 Å². The van der Waals surface area contributed by atoms with Gasteiger partial charge in [-0.2, -0.15) is 0 Å². The molecule has 1 N–H and O–H groups in total. The second-order valence-electron chi connectivity index (χ2n) is 6.30. The van der Waals surface area contributed by atoms with Crippen LogP contribution in [0.2, 0.25) is 0 Å². The second kappa shape index (κ2) is 8.35. The fraction of sp³-hybridized carbons (Fsp3) is 0.250. The molecule has 3 rings (SSSR count). The molecule has 2 aromatic rings. The van der Waals surface area contributed by atoms with E-state index in [1.54, 1.807) is 48.5 Å². The van der Waals surface area contributed by atoms with Gasteiger partial charge in [0.25, 0.3) is 10.0 Å². The van der Waals surface area contributed by atoms with Crippen molar-refractivity contribution in [1.29, 1.82) is 0 Å². The van der Waals surface area contributed by atoms with Gasteiger partial charge in [-0.05, 0) is 25.5 Å². The zero-order chi connectivity index (χ0) is 20.1. The molecule has 0 bridgehead atoms. The van der Waals surface area contributed by atoms with Crippen molar-refractivity contribution in [2.45, 2.75) is 30.8 Å². The van der Waals surface area contributed by atoms with Crippen molar-refractivity contribution in [2.24, 2.45) is 4.99 Å². The number of Topliss-reactive ketones (excluding diaryl/α,β-unsaturated/α-hetero) is 1. The maximum absolute atomic E-state index is 12.2. The van der Waals surface area contributed by atoms with Gasteiger partial charge >= 0.3 is 5.97 Å². The van der Waals surface area contributed by atoms with Crippen LogP contribution in [0.3, 0.4) is 0 Å². The lowest BCUT2D eigenvalue weighted by molar-refractivity contribution is -0.146. The number of hydrogen-bond acceptors (Lipinski definition) is 6. The Morgan fingerprint density at radius 2 is 1.75 bits per heavy atom. The molecule has 1 heterocycles. The highest BCUT2D eigenvalue weighted by atomic mass is 32.2. The highest BCUT2D eigenvalue weighted by Crippen LogP contribution is 2.22. The van der Waals surface area contributed by atoms with Gasteiger partial charge in [0, 0.05) is 24.1 Å². The first-order valence-corrected chi connectivity index (χ1v) is 10.3. The third kappa shape index (κ3) is 4.45.